The quantitative estimate of drug-likeness (QED) is 0.420. The van der Waals surface area contributed by atoms with Gasteiger partial charge in [0, 0.05) is 38.1 Å². The zero-order valence-corrected chi connectivity index (χ0v) is 23.3. The first-order valence-corrected chi connectivity index (χ1v) is 12.7. The lowest BCUT2D eigenvalue weighted by Gasteiger charge is -2.29. The Balaban J connectivity index is 0.000000265. The summed E-state index contributed by atoms with van der Waals surface area (Å²) < 4.78 is 51.0. The fourth-order valence-corrected chi connectivity index (χ4v) is 4.01. The number of nitrogens with zero attached hydrogens (tertiary/aromatic N) is 3. The lowest BCUT2D eigenvalue weighted by molar-refractivity contribution is -0.135. The number of morpholine rings is 1. The second kappa shape index (κ2) is 16.1. The number of amides is 1. The van der Waals surface area contributed by atoms with Gasteiger partial charge >= 0.3 is 18.3 Å². The number of aryl methyl sites for hydroxylation is 3. The average molecular weight is 597 g/mol. The first kappa shape index (κ1) is 33.7. The summed E-state index contributed by atoms with van der Waals surface area (Å²) >= 11 is 0. The first-order chi connectivity index (χ1) is 19.8. The maximum Gasteiger partial charge on any atom is 0.379 e. The molecular formula is C28H32F4N4O6. The number of aromatic nitrogens is 2. The molecule has 42 heavy (non-hydrogen) atoms. The maximum atomic E-state index is 14.2. The van der Waals surface area contributed by atoms with Gasteiger partial charge in [0.05, 0.1) is 25.3 Å². The molecule has 0 radical (unpaired) electrons. The molecule has 2 heterocycles. The van der Waals surface area contributed by atoms with Crippen LogP contribution in [0.4, 0.5) is 23.2 Å². The summed E-state index contributed by atoms with van der Waals surface area (Å²) in [5.74, 6) is -2.55. The van der Waals surface area contributed by atoms with Gasteiger partial charge in [-0.1, -0.05) is 29.8 Å². The number of hydrogen-bond donors (Lipinski definition) is 2. The van der Waals surface area contributed by atoms with Gasteiger partial charge in [-0.3, -0.25) is 19.0 Å². The van der Waals surface area contributed by atoms with Gasteiger partial charge in [0.2, 0.25) is 0 Å². The summed E-state index contributed by atoms with van der Waals surface area (Å²) in [6, 6.07) is 12.2. The number of carboxylic acids is 1. The molecular weight excluding hydrogens is 564 g/mol. The molecule has 1 aromatic heterocycles. The number of rotatable bonds is 6. The van der Waals surface area contributed by atoms with Gasteiger partial charge in [0.15, 0.2) is 0 Å². The topological polar surface area (TPSA) is 123 Å². The largest absolute Gasteiger partial charge is 0.480 e. The molecule has 1 amide bonds. The van der Waals surface area contributed by atoms with Gasteiger partial charge in [-0.15, -0.1) is 0 Å². The number of nitrogens with one attached hydrogen (secondary N) is 1. The van der Waals surface area contributed by atoms with E-state index in [0.29, 0.717) is 44.1 Å². The number of alkyl halides is 3. The van der Waals surface area contributed by atoms with E-state index < -0.39 is 30.9 Å². The molecule has 0 unspecified atom stereocenters. The van der Waals surface area contributed by atoms with Gasteiger partial charge in [0.25, 0.3) is 11.5 Å². The molecule has 1 aliphatic rings. The van der Waals surface area contributed by atoms with Crippen molar-refractivity contribution in [1.29, 1.82) is 0 Å². The zero-order valence-electron chi connectivity index (χ0n) is 23.3. The minimum atomic E-state index is -3.67. The van der Waals surface area contributed by atoms with Crippen LogP contribution in [0.2, 0.25) is 0 Å². The highest BCUT2D eigenvalue weighted by Crippen LogP contribution is 2.23. The minimum Gasteiger partial charge on any atom is -0.480 e. The van der Waals surface area contributed by atoms with Gasteiger partial charge in [0.1, 0.15) is 12.4 Å². The maximum absolute atomic E-state index is 14.2. The Bertz CT molecular complexity index is 1460. The standard InChI is InChI=1S/C14H17FN2O4.C13H14N2O2.CHF3/c1-9-6-10(17-2-4-21-5-3-17)7-11(15)13(9)14(20)16-8-12(18)19;1-10-4-3-5-11(8-10)9-15-12(16)6-7-14(2)13(15)17;2-1(3)4/h6-7H,2-5,8H2,1H3,(H,16,20)(H,18,19);3-8H,9H2,1-2H3;1H. The average Bonchev–Trinajstić information content (AvgIpc) is 2.92. The smallest absolute Gasteiger partial charge is 0.379 e. The van der Waals surface area contributed by atoms with E-state index in [4.69, 9.17) is 9.84 Å². The van der Waals surface area contributed by atoms with Crippen LogP contribution in [-0.2, 0) is 23.1 Å². The van der Waals surface area contributed by atoms with Gasteiger partial charge in [-0.25, -0.2) is 9.18 Å². The zero-order chi connectivity index (χ0) is 31.4. The molecule has 0 spiro atoms. The molecule has 0 atom stereocenters. The summed E-state index contributed by atoms with van der Waals surface area (Å²) in [5, 5.41) is 10.7. The van der Waals surface area contributed by atoms with E-state index in [2.05, 4.69) is 5.32 Å². The summed E-state index contributed by atoms with van der Waals surface area (Å²) in [5.41, 5.74) is 2.56. The van der Waals surface area contributed by atoms with Gasteiger partial charge < -0.3 is 24.6 Å². The highest BCUT2D eigenvalue weighted by Gasteiger charge is 2.19. The third-order valence-corrected chi connectivity index (χ3v) is 5.94. The molecule has 0 bridgehead atoms. The number of halogens is 4. The van der Waals surface area contributed by atoms with Crippen molar-refractivity contribution in [3.8, 4) is 0 Å². The molecule has 2 N–H and O–H groups in total. The van der Waals surface area contributed by atoms with Gasteiger partial charge in [-0.05, 0) is 37.1 Å². The van der Waals surface area contributed by atoms with Crippen molar-refractivity contribution in [1.82, 2.24) is 14.5 Å². The molecule has 4 rings (SSSR count). The SMILES string of the molecule is Cc1cc(N2CCOCC2)cc(F)c1C(=O)NCC(=O)O.Cc1cccc(Cn2c(=O)ccn(C)c2=O)c1.FC(F)F. The van der Waals surface area contributed by atoms with Crippen molar-refractivity contribution in [2.45, 2.75) is 27.1 Å². The van der Waals surface area contributed by atoms with Crippen LogP contribution in [0.3, 0.4) is 0 Å². The lowest BCUT2D eigenvalue weighted by Crippen LogP contribution is -2.38. The van der Waals surface area contributed by atoms with Crippen molar-refractivity contribution < 1.29 is 37.0 Å². The molecule has 1 saturated heterocycles. The van der Waals surface area contributed by atoms with Crippen molar-refractivity contribution in [2.24, 2.45) is 7.05 Å². The Kier molecular flexibility index (Phi) is 12.9. The van der Waals surface area contributed by atoms with Crippen molar-refractivity contribution in [3.63, 3.8) is 0 Å². The highest BCUT2D eigenvalue weighted by molar-refractivity contribution is 5.97. The van der Waals surface area contributed by atoms with E-state index in [1.54, 1.807) is 20.0 Å². The molecule has 2 aromatic carbocycles. The van der Waals surface area contributed by atoms with Crippen molar-refractivity contribution in [2.75, 3.05) is 37.7 Å². The van der Waals surface area contributed by atoms with Crippen LogP contribution < -0.4 is 21.5 Å². The monoisotopic (exact) mass is 596 g/mol. The Morgan fingerprint density at radius 2 is 1.69 bits per heavy atom. The number of benzene rings is 2. The molecule has 228 valence electrons. The fraction of sp³-hybridized carbons (Fsp3) is 0.357. The fourth-order valence-electron chi connectivity index (χ4n) is 4.01. The lowest BCUT2D eigenvalue weighted by atomic mass is 10.1. The Hall–Kier alpha value is -4.46. The second-order valence-electron chi connectivity index (χ2n) is 9.17. The van der Waals surface area contributed by atoms with E-state index in [1.165, 1.54) is 27.5 Å². The molecule has 10 nitrogen and oxygen atoms in total. The van der Waals surface area contributed by atoms with Crippen molar-refractivity contribution in [3.05, 3.63) is 97.6 Å². The molecule has 0 aliphatic carbocycles. The number of aliphatic carboxylic acids is 1. The Labute approximate surface area is 238 Å². The summed E-state index contributed by atoms with van der Waals surface area (Å²) in [6.07, 6.45) is 1.48. The third-order valence-electron chi connectivity index (χ3n) is 5.94. The Morgan fingerprint density at radius 1 is 1.05 bits per heavy atom. The van der Waals surface area contributed by atoms with E-state index in [1.807, 2.05) is 36.1 Å². The summed E-state index contributed by atoms with van der Waals surface area (Å²) in [7, 11) is 1.63. The molecule has 3 aromatic rings. The minimum absolute atomic E-state index is 0.117. The summed E-state index contributed by atoms with van der Waals surface area (Å²) in [4.78, 5) is 47.7. The Morgan fingerprint density at radius 3 is 2.26 bits per heavy atom. The third kappa shape index (κ3) is 10.5. The van der Waals surface area contributed by atoms with E-state index in [0.717, 1.165) is 11.1 Å². The molecule has 14 heteroatoms. The summed E-state index contributed by atoms with van der Waals surface area (Å²) in [6.45, 7) is 2.23. The molecule has 0 saturated carbocycles. The van der Waals surface area contributed by atoms with Crippen LogP contribution in [0.5, 0.6) is 0 Å². The predicted molar refractivity (Wildman–Crippen MR) is 147 cm³/mol. The van der Waals surface area contributed by atoms with Crippen LogP contribution >= 0.6 is 0 Å². The number of carbonyl (C=O) groups excluding carboxylic acids is 1. The second-order valence-corrected chi connectivity index (χ2v) is 9.17. The number of ether oxygens (including phenoxy) is 1. The number of carboxylic acid groups (broad SMARTS) is 1. The van der Waals surface area contributed by atoms with E-state index in [-0.39, 0.29) is 16.8 Å². The molecule has 1 aliphatic heterocycles. The van der Waals surface area contributed by atoms with Crippen LogP contribution in [0.15, 0.2) is 58.3 Å². The van der Waals surface area contributed by atoms with E-state index in [9.17, 15) is 36.7 Å². The number of hydrogen-bond acceptors (Lipinski definition) is 6. The normalized spacial score (nSPS) is 12.5. The van der Waals surface area contributed by atoms with Crippen LogP contribution in [-0.4, -0.2) is 65.6 Å². The molecule has 1 fully saturated rings. The van der Waals surface area contributed by atoms with Gasteiger partial charge in [-0.2, -0.15) is 13.2 Å². The number of carbonyl (C=O) groups is 2. The van der Waals surface area contributed by atoms with Crippen molar-refractivity contribution >= 4 is 17.6 Å². The first-order valence-electron chi connectivity index (χ1n) is 12.7. The van der Waals surface area contributed by atoms with Crippen LogP contribution in [0.25, 0.3) is 0 Å². The van der Waals surface area contributed by atoms with Crippen LogP contribution in [0, 0.1) is 19.7 Å². The van der Waals surface area contributed by atoms with E-state index >= 15 is 0 Å². The number of anilines is 1. The highest BCUT2D eigenvalue weighted by atomic mass is 19.4. The van der Waals surface area contributed by atoms with Crippen LogP contribution in [0.1, 0.15) is 27.0 Å². The predicted octanol–water partition coefficient (Wildman–Crippen LogP) is 2.87.